The maximum Gasteiger partial charge on any atom is 0.409 e. The lowest BCUT2D eigenvalue weighted by Gasteiger charge is -2.35. The molecule has 40 heavy (non-hydrogen) atoms. The molecule has 8 nitrogen and oxygen atoms in total. The van der Waals surface area contributed by atoms with Crippen LogP contribution in [0.2, 0.25) is 5.02 Å². The molecule has 1 saturated heterocycles. The number of carbonyl (C=O) groups excluding carboxylic acids is 2. The first-order chi connectivity index (χ1) is 19.2. The fourth-order valence-electron chi connectivity index (χ4n) is 5.37. The summed E-state index contributed by atoms with van der Waals surface area (Å²) in [5.41, 5.74) is 2.71. The summed E-state index contributed by atoms with van der Waals surface area (Å²) < 4.78 is 11.7. The number of nitrogens with one attached hydrogen (secondary N) is 1. The summed E-state index contributed by atoms with van der Waals surface area (Å²) in [5.74, 6) is 1.24. The average Bonchev–Trinajstić information content (AvgIpc) is 3.49. The second-order valence-electron chi connectivity index (χ2n) is 11.4. The van der Waals surface area contributed by atoms with E-state index < -0.39 is 12.3 Å². The third-order valence-electron chi connectivity index (χ3n) is 7.55. The largest absolute Gasteiger partial charge is 0.425 e. The number of amides is 2. The first-order valence-corrected chi connectivity index (χ1v) is 15.3. The molecule has 1 aromatic heterocycles. The van der Waals surface area contributed by atoms with Crippen LogP contribution in [0.15, 0.2) is 36.4 Å². The van der Waals surface area contributed by atoms with E-state index in [0.717, 1.165) is 61.8 Å². The van der Waals surface area contributed by atoms with Gasteiger partial charge in [-0.15, -0.1) is 0 Å². The lowest BCUT2D eigenvalue weighted by molar-refractivity contribution is -0.119. The number of fused-ring (bicyclic) bond motifs is 2. The molecule has 0 saturated carbocycles. The van der Waals surface area contributed by atoms with Crippen LogP contribution in [0, 0.1) is 11.8 Å². The molecular weight excluding hydrogens is 546 g/mol. The van der Waals surface area contributed by atoms with Crippen molar-refractivity contribution in [3.63, 3.8) is 0 Å². The van der Waals surface area contributed by atoms with Crippen molar-refractivity contribution in [2.75, 3.05) is 49.1 Å². The Kier molecular flexibility index (Phi) is 8.83. The van der Waals surface area contributed by atoms with Gasteiger partial charge in [0.2, 0.25) is 5.91 Å². The number of anilines is 2. The molecule has 3 aromatic rings. The van der Waals surface area contributed by atoms with Crippen LogP contribution in [-0.4, -0.2) is 66.8 Å². The highest BCUT2D eigenvalue weighted by Gasteiger charge is 2.37. The normalized spacial score (nSPS) is 16.7. The average molecular weight is 584 g/mol. The van der Waals surface area contributed by atoms with Crippen molar-refractivity contribution in [3.05, 3.63) is 52.5 Å². The molecule has 1 fully saturated rings. The number of hydrogen-bond donors (Lipinski definition) is 1. The molecule has 2 aliphatic rings. The summed E-state index contributed by atoms with van der Waals surface area (Å²) in [6.45, 7) is 13.1. The minimum Gasteiger partial charge on any atom is -0.425 e. The summed E-state index contributed by atoms with van der Waals surface area (Å²) >= 11 is 8.33. The van der Waals surface area contributed by atoms with E-state index in [1.165, 1.54) is 10.1 Å². The first kappa shape index (κ1) is 28.6. The lowest BCUT2D eigenvalue weighted by atomic mass is 10.0. The zero-order valence-corrected chi connectivity index (χ0v) is 25.2. The van der Waals surface area contributed by atoms with Crippen LogP contribution in [0.1, 0.15) is 38.8 Å². The van der Waals surface area contributed by atoms with Crippen LogP contribution in [0.4, 0.5) is 16.3 Å². The molecule has 0 radical (unpaired) electrons. The van der Waals surface area contributed by atoms with Crippen molar-refractivity contribution in [2.24, 2.45) is 11.8 Å². The van der Waals surface area contributed by atoms with Crippen LogP contribution in [0.5, 0.6) is 0 Å². The molecule has 1 N–H and O–H groups in total. The number of benzene rings is 2. The molecule has 0 aliphatic carbocycles. The van der Waals surface area contributed by atoms with E-state index >= 15 is 0 Å². The predicted molar refractivity (Wildman–Crippen MR) is 163 cm³/mol. The van der Waals surface area contributed by atoms with Crippen molar-refractivity contribution in [3.8, 4) is 0 Å². The zero-order chi connectivity index (χ0) is 28.4. The summed E-state index contributed by atoms with van der Waals surface area (Å²) in [7, 11) is 0. The smallest absolute Gasteiger partial charge is 0.409 e. The minimum absolute atomic E-state index is 0.0794. The van der Waals surface area contributed by atoms with Crippen molar-refractivity contribution in [2.45, 2.75) is 46.8 Å². The number of halogens is 1. The summed E-state index contributed by atoms with van der Waals surface area (Å²) in [6, 6.07) is 12.3. The van der Waals surface area contributed by atoms with Gasteiger partial charge in [-0.2, -0.15) is 4.37 Å². The van der Waals surface area contributed by atoms with Crippen molar-refractivity contribution < 1.29 is 14.3 Å². The first-order valence-electron chi connectivity index (χ1n) is 14.1. The molecule has 0 spiro atoms. The maximum absolute atomic E-state index is 13.1. The Hall–Kier alpha value is -2.88. The van der Waals surface area contributed by atoms with Crippen molar-refractivity contribution in [1.82, 2.24) is 14.6 Å². The highest BCUT2D eigenvalue weighted by Crippen LogP contribution is 2.37. The second-order valence-corrected chi connectivity index (χ2v) is 12.6. The topological polar surface area (TPSA) is 78.0 Å². The Morgan fingerprint density at radius 2 is 1.88 bits per heavy atom. The molecule has 3 heterocycles. The van der Waals surface area contributed by atoms with Crippen LogP contribution < -0.4 is 15.1 Å². The van der Waals surface area contributed by atoms with Gasteiger partial charge in [0.05, 0.1) is 16.8 Å². The molecule has 0 bridgehead atoms. The second kappa shape index (κ2) is 12.3. The molecule has 1 atom stereocenters. The van der Waals surface area contributed by atoms with Gasteiger partial charge in [0.25, 0.3) is 0 Å². The number of hydrogen-bond acceptors (Lipinski definition) is 7. The monoisotopic (exact) mass is 583 g/mol. The summed E-state index contributed by atoms with van der Waals surface area (Å²) in [4.78, 5) is 32.0. The van der Waals surface area contributed by atoms with E-state index in [9.17, 15) is 9.59 Å². The SMILES string of the molecule is CC(C)CNC(=O)OC(C(C)C)N1C(=O)Cc2cc(CCN3CCN(c4nsc5ccccc45)CC3)c(Cl)cc21. The van der Waals surface area contributed by atoms with Gasteiger partial charge in [-0.3, -0.25) is 14.6 Å². The highest BCUT2D eigenvalue weighted by molar-refractivity contribution is 7.13. The number of nitrogens with zero attached hydrogens (tertiary/aromatic N) is 4. The Bertz CT molecular complexity index is 1370. The van der Waals surface area contributed by atoms with Gasteiger partial charge in [0.15, 0.2) is 6.23 Å². The van der Waals surface area contributed by atoms with Gasteiger partial charge in [0, 0.05) is 55.6 Å². The zero-order valence-electron chi connectivity index (χ0n) is 23.7. The van der Waals surface area contributed by atoms with Gasteiger partial charge in [0.1, 0.15) is 5.82 Å². The molecule has 5 rings (SSSR count). The fraction of sp³-hybridized carbons (Fsp3) is 0.500. The summed E-state index contributed by atoms with van der Waals surface area (Å²) in [5, 5.41) is 4.65. The number of carbonyl (C=O) groups is 2. The third kappa shape index (κ3) is 6.21. The Labute approximate surface area is 245 Å². The molecule has 2 aromatic carbocycles. The Morgan fingerprint density at radius 1 is 1.12 bits per heavy atom. The quantitative estimate of drug-likeness (QED) is 0.355. The van der Waals surface area contributed by atoms with Gasteiger partial charge in [-0.1, -0.05) is 57.5 Å². The fourth-order valence-corrected chi connectivity index (χ4v) is 6.41. The van der Waals surface area contributed by atoms with E-state index in [2.05, 4.69) is 45.4 Å². The van der Waals surface area contributed by atoms with Gasteiger partial charge in [-0.05, 0) is 53.2 Å². The van der Waals surface area contributed by atoms with Gasteiger partial charge in [-0.25, -0.2) is 4.79 Å². The predicted octanol–water partition coefficient (Wildman–Crippen LogP) is 5.57. The molecular formula is C30H38ClN5O3S. The van der Waals surface area contributed by atoms with E-state index in [0.29, 0.717) is 17.5 Å². The molecule has 214 valence electrons. The van der Waals surface area contributed by atoms with Crippen LogP contribution in [-0.2, 0) is 22.4 Å². The standard InChI is InChI=1S/C30H38ClN5O3S/c1-19(2)18-32-30(38)39-29(20(3)4)36-25-17-24(31)21(15-22(25)16-27(36)37)9-10-34-11-13-35(14-12-34)28-23-7-5-6-8-26(23)40-33-28/h5-8,15,17,19-20,29H,9-14,16,18H2,1-4H3,(H,32,38). The molecule has 2 amide bonds. The minimum atomic E-state index is -0.700. The number of rotatable bonds is 9. The van der Waals surface area contributed by atoms with Crippen LogP contribution in [0.25, 0.3) is 10.1 Å². The van der Waals surface area contributed by atoms with E-state index in [1.54, 1.807) is 16.4 Å². The van der Waals surface area contributed by atoms with Gasteiger partial charge < -0.3 is 15.0 Å². The van der Waals surface area contributed by atoms with E-state index in [1.807, 2.05) is 33.8 Å². The van der Waals surface area contributed by atoms with Crippen LogP contribution >= 0.6 is 23.1 Å². The third-order valence-corrected chi connectivity index (χ3v) is 8.72. The maximum atomic E-state index is 13.1. The molecule has 1 unspecified atom stereocenters. The number of aromatic nitrogens is 1. The lowest BCUT2D eigenvalue weighted by Crippen LogP contribution is -2.47. The van der Waals surface area contributed by atoms with E-state index in [4.69, 9.17) is 20.7 Å². The molecule has 2 aliphatic heterocycles. The van der Waals surface area contributed by atoms with Crippen molar-refractivity contribution >= 4 is 56.7 Å². The summed E-state index contributed by atoms with van der Waals surface area (Å²) in [6.07, 6.45) is -0.130. The number of ether oxygens (including phenoxy) is 1. The number of alkyl carbamates (subject to hydrolysis) is 1. The molecule has 10 heteroatoms. The van der Waals surface area contributed by atoms with E-state index in [-0.39, 0.29) is 18.2 Å². The van der Waals surface area contributed by atoms with Crippen molar-refractivity contribution in [1.29, 1.82) is 0 Å². The highest BCUT2D eigenvalue weighted by atomic mass is 35.5. The van der Waals surface area contributed by atoms with Crippen LogP contribution in [0.3, 0.4) is 0 Å². The van der Waals surface area contributed by atoms with Gasteiger partial charge >= 0.3 is 6.09 Å². The number of piperazine rings is 1. The Balaban J connectivity index is 1.21. The Morgan fingerprint density at radius 3 is 2.60 bits per heavy atom.